The second kappa shape index (κ2) is 10.9. The maximum atomic E-state index is 12.2. The number of ether oxygens (including phenoxy) is 1. The first-order valence-corrected chi connectivity index (χ1v) is 12.4. The molecule has 3 aromatic rings. The quantitative estimate of drug-likeness (QED) is 0.425. The molecule has 168 valence electrons. The van der Waals surface area contributed by atoms with E-state index in [4.69, 9.17) is 4.74 Å². The van der Waals surface area contributed by atoms with Gasteiger partial charge in [0.25, 0.3) is 0 Å². The molecule has 0 amide bonds. The summed E-state index contributed by atoms with van der Waals surface area (Å²) in [6.07, 6.45) is 5.59. The van der Waals surface area contributed by atoms with Crippen LogP contribution in [-0.2, 0) is 16.0 Å². The molecule has 0 unspecified atom stereocenters. The zero-order chi connectivity index (χ0) is 22.3. The molecule has 1 aliphatic rings. The number of aromatic nitrogens is 1. The number of carbonyl (C=O) groups is 1. The number of nitrogens with one attached hydrogen (secondary N) is 1. The minimum absolute atomic E-state index is 0.145. The van der Waals surface area contributed by atoms with E-state index in [0.717, 1.165) is 40.5 Å². The molecule has 1 aliphatic heterocycles. The molecular formula is C27H32N2O2S. The highest BCUT2D eigenvalue weighted by Crippen LogP contribution is 2.32. The van der Waals surface area contributed by atoms with E-state index < -0.39 is 0 Å². The Balaban J connectivity index is 1.30. The third kappa shape index (κ3) is 6.05. The Kier molecular flexibility index (Phi) is 7.72. The zero-order valence-electron chi connectivity index (χ0n) is 19.0. The Hall–Kier alpha value is -2.50. The van der Waals surface area contributed by atoms with Gasteiger partial charge in [0.05, 0.1) is 17.9 Å². The predicted molar refractivity (Wildman–Crippen MR) is 132 cm³/mol. The summed E-state index contributed by atoms with van der Waals surface area (Å²) < 4.78 is 5.47. The van der Waals surface area contributed by atoms with Gasteiger partial charge in [0, 0.05) is 11.8 Å². The predicted octanol–water partition coefficient (Wildman–Crippen LogP) is 6.08. The monoisotopic (exact) mass is 448 g/mol. The van der Waals surface area contributed by atoms with Gasteiger partial charge in [-0.15, -0.1) is 11.3 Å². The Morgan fingerprint density at radius 2 is 1.75 bits per heavy atom. The first-order valence-electron chi connectivity index (χ1n) is 11.6. The van der Waals surface area contributed by atoms with E-state index in [1.165, 1.54) is 24.0 Å². The van der Waals surface area contributed by atoms with Crippen molar-refractivity contribution in [1.82, 2.24) is 10.3 Å². The summed E-state index contributed by atoms with van der Waals surface area (Å²) in [6, 6.07) is 16.8. The topological polar surface area (TPSA) is 51.2 Å². The molecule has 1 N–H and O–H groups in total. The Labute approximate surface area is 195 Å². The summed E-state index contributed by atoms with van der Waals surface area (Å²) in [5.74, 6) is 1.07. The summed E-state index contributed by atoms with van der Waals surface area (Å²) in [4.78, 5) is 18.0. The molecule has 2 heterocycles. The third-order valence-electron chi connectivity index (χ3n) is 6.16. The molecule has 0 atom stereocenters. The van der Waals surface area contributed by atoms with Gasteiger partial charge in [-0.05, 0) is 60.9 Å². The third-order valence-corrected chi connectivity index (χ3v) is 7.26. The molecule has 0 bridgehead atoms. The van der Waals surface area contributed by atoms with Crippen LogP contribution in [0.4, 0.5) is 0 Å². The van der Waals surface area contributed by atoms with E-state index >= 15 is 0 Å². The molecule has 1 fully saturated rings. The lowest BCUT2D eigenvalue weighted by atomic mass is 9.95. The second-order valence-corrected chi connectivity index (χ2v) is 9.91. The van der Waals surface area contributed by atoms with E-state index in [2.05, 4.69) is 48.4 Å². The molecule has 0 aliphatic carbocycles. The van der Waals surface area contributed by atoms with Crippen molar-refractivity contribution in [3.8, 4) is 21.0 Å². The highest BCUT2D eigenvalue weighted by Gasteiger charge is 2.14. The van der Waals surface area contributed by atoms with E-state index in [-0.39, 0.29) is 5.97 Å². The number of benzene rings is 2. The van der Waals surface area contributed by atoms with Gasteiger partial charge in [0.2, 0.25) is 0 Å². The van der Waals surface area contributed by atoms with E-state index in [1.807, 2.05) is 30.5 Å². The van der Waals surface area contributed by atoms with Crippen LogP contribution in [0.1, 0.15) is 50.2 Å². The number of hydrogen-bond donors (Lipinski definition) is 1. The van der Waals surface area contributed by atoms with Gasteiger partial charge in [-0.3, -0.25) is 4.79 Å². The highest BCUT2D eigenvalue weighted by molar-refractivity contribution is 7.18. The standard InChI is InChI=1S/C27H32N2O2S/c1-19(2)22-7-9-23(10-8-22)25-18-29-27(32-25)24-5-3-21(4-6-24)17-26(30)31-16-13-20-11-14-28-15-12-20/h3-10,18-20,28H,11-17H2,1-2H3. The number of hydrogen-bond acceptors (Lipinski definition) is 5. The summed E-state index contributed by atoms with van der Waals surface area (Å²) in [7, 11) is 0. The maximum Gasteiger partial charge on any atom is 0.310 e. The van der Waals surface area contributed by atoms with Crippen molar-refractivity contribution in [3.05, 3.63) is 65.9 Å². The second-order valence-electron chi connectivity index (χ2n) is 8.88. The van der Waals surface area contributed by atoms with E-state index in [1.54, 1.807) is 11.3 Å². The number of rotatable bonds is 8. The fourth-order valence-corrected chi connectivity index (χ4v) is 4.99. The Bertz CT molecular complexity index is 1000. The Morgan fingerprint density at radius 3 is 2.44 bits per heavy atom. The van der Waals surface area contributed by atoms with Crippen LogP contribution < -0.4 is 5.32 Å². The van der Waals surface area contributed by atoms with Crippen molar-refractivity contribution >= 4 is 17.3 Å². The molecule has 4 nitrogen and oxygen atoms in total. The number of nitrogens with zero attached hydrogens (tertiary/aromatic N) is 1. The number of thiazole rings is 1. The van der Waals surface area contributed by atoms with Gasteiger partial charge < -0.3 is 10.1 Å². The van der Waals surface area contributed by atoms with E-state index in [0.29, 0.717) is 24.9 Å². The summed E-state index contributed by atoms with van der Waals surface area (Å²) in [5, 5.41) is 4.36. The van der Waals surface area contributed by atoms with Crippen LogP contribution in [0.25, 0.3) is 21.0 Å². The summed E-state index contributed by atoms with van der Waals surface area (Å²) in [5.41, 5.74) is 4.59. The molecule has 0 saturated carbocycles. The first kappa shape index (κ1) is 22.7. The van der Waals surface area contributed by atoms with Crippen LogP contribution in [0.2, 0.25) is 0 Å². The number of esters is 1. The van der Waals surface area contributed by atoms with Gasteiger partial charge >= 0.3 is 5.97 Å². The lowest BCUT2D eigenvalue weighted by Crippen LogP contribution is -2.28. The maximum absolute atomic E-state index is 12.2. The average molecular weight is 449 g/mol. The lowest BCUT2D eigenvalue weighted by molar-refractivity contribution is -0.143. The first-order chi connectivity index (χ1) is 15.6. The van der Waals surface area contributed by atoms with Crippen LogP contribution in [0.5, 0.6) is 0 Å². The van der Waals surface area contributed by atoms with Crippen molar-refractivity contribution in [3.63, 3.8) is 0 Å². The fourth-order valence-electron chi connectivity index (χ4n) is 4.07. The van der Waals surface area contributed by atoms with Crippen LogP contribution in [0.15, 0.2) is 54.7 Å². The van der Waals surface area contributed by atoms with Crippen LogP contribution in [-0.4, -0.2) is 30.6 Å². The summed E-state index contributed by atoms with van der Waals surface area (Å²) >= 11 is 1.69. The largest absolute Gasteiger partial charge is 0.465 e. The molecule has 0 spiro atoms. The molecular weight excluding hydrogens is 416 g/mol. The van der Waals surface area contributed by atoms with Crippen molar-refractivity contribution in [2.75, 3.05) is 19.7 Å². The van der Waals surface area contributed by atoms with Crippen molar-refractivity contribution in [1.29, 1.82) is 0 Å². The molecule has 32 heavy (non-hydrogen) atoms. The fraction of sp³-hybridized carbons (Fsp3) is 0.407. The minimum atomic E-state index is -0.145. The molecule has 4 rings (SSSR count). The van der Waals surface area contributed by atoms with Crippen molar-refractivity contribution in [2.45, 2.75) is 45.4 Å². The average Bonchev–Trinajstić information content (AvgIpc) is 3.31. The SMILES string of the molecule is CC(C)c1ccc(-c2cnc(-c3ccc(CC(=O)OCCC4CCNCC4)cc3)s2)cc1. The van der Waals surface area contributed by atoms with Crippen molar-refractivity contribution < 1.29 is 9.53 Å². The molecule has 0 radical (unpaired) electrons. The molecule has 1 saturated heterocycles. The number of carbonyl (C=O) groups excluding carboxylic acids is 1. The Morgan fingerprint density at radius 1 is 1.06 bits per heavy atom. The van der Waals surface area contributed by atoms with Gasteiger partial charge in [-0.25, -0.2) is 4.98 Å². The molecule has 5 heteroatoms. The van der Waals surface area contributed by atoms with Gasteiger partial charge in [-0.1, -0.05) is 62.4 Å². The molecule has 1 aromatic heterocycles. The summed E-state index contributed by atoms with van der Waals surface area (Å²) in [6.45, 7) is 7.10. The van der Waals surface area contributed by atoms with Gasteiger partial charge in [-0.2, -0.15) is 0 Å². The van der Waals surface area contributed by atoms with Crippen LogP contribution in [0.3, 0.4) is 0 Å². The number of piperidine rings is 1. The zero-order valence-corrected chi connectivity index (χ0v) is 19.8. The van der Waals surface area contributed by atoms with Crippen LogP contribution in [0, 0.1) is 5.92 Å². The minimum Gasteiger partial charge on any atom is -0.465 e. The smallest absolute Gasteiger partial charge is 0.310 e. The van der Waals surface area contributed by atoms with Crippen LogP contribution >= 0.6 is 11.3 Å². The molecule has 2 aromatic carbocycles. The lowest BCUT2D eigenvalue weighted by Gasteiger charge is -2.22. The van der Waals surface area contributed by atoms with Gasteiger partial charge in [0.1, 0.15) is 5.01 Å². The van der Waals surface area contributed by atoms with Crippen molar-refractivity contribution in [2.24, 2.45) is 5.92 Å². The van der Waals surface area contributed by atoms with Gasteiger partial charge in [0.15, 0.2) is 0 Å². The van der Waals surface area contributed by atoms with E-state index in [9.17, 15) is 4.79 Å². The normalized spacial score (nSPS) is 14.6. The highest BCUT2D eigenvalue weighted by atomic mass is 32.1.